The fraction of sp³-hybridized carbons (Fsp3) is 0.375. The largest absolute Gasteiger partial charge is 0.304 e. The summed E-state index contributed by atoms with van der Waals surface area (Å²) in [6.45, 7) is 8.56. The average molecular weight is 356 g/mol. The molecule has 0 aliphatic rings. The second-order valence-corrected chi connectivity index (χ2v) is 7.46. The van der Waals surface area contributed by atoms with Crippen molar-refractivity contribution in [3.8, 4) is 0 Å². The lowest BCUT2D eigenvalue weighted by Crippen LogP contribution is -2.23. The maximum absolute atomic E-state index is 13.1. The van der Waals surface area contributed by atoms with Gasteiger partial charge in [-0.1, -0.05) is 22.0 Å². The SMILES string of the molecule is Cc1cc(C(C)NC(C)c2ccc(F)cc2Br)c(C)s1. The number of aryl methyl sites for hydroxylation is 2. The summed E-state index contributed by atoms with van der Waals surface area (Å²) in [5, 5.41) is 3.58. The van der Waals surface area contributed by atoms with E-state index in [1.807, 2.05) is 17.4 Å². The highest BCUT2D eigenvalue weighted by Crippen LogP contribution is 2.30. The van der Waals surface area contributed by atoms with Gasteiger partial charge in [0.25, 0.3) is 0 Å². The van der Waals surface area contributed by atoms with Crippen molar-refractivity contribution in [2.75, 3.05) is 0 Å². The lowest BCUT2D eigenvalue weighted by atomic mass is 10.0. The molecule has 1 nitrogen and oxygen atoms in total. The number of benzene rings is 1. The normalized spacial score (nSPS) is 14.3. The van der Waals surface area contributed by atoms with Crippen molar-refractivity contribution in [3.63, 3.8) is 0 Å². The molecule has 2 unspecified atom stereocenters. The summed E-state index contributed by atoms with van der Waals surface area (Å²) in [6, 6.07) is 7.51. The molecule has 20 heavy (non-hydrogen) atoms. The van der Waals surface area contributed by atoms with E-state index in [1.165, 1.54) is 27.5 Å². The van der Waals surface area contributed by atoms with Gasteiger partial charge in [0.05, 0.1) is 0 Å². The number of halogens is 2. The van der Waals surface area contributed by atoms with Crippen LogP contribution in [0, 0.1) is 19.7 Å². The number of hydrogen-bond acceptors (Lipinski definition) is 2. The average Bonchev–Trinajstić information content (AvgIpc) is 2.68. The van der Waals surface area contributed by atoms with Gasteiger partial charge in [0.15, 0.2) is 0 Å². The highest BCUT2D eigenvalue weighted by atomic mass is 79.9. The molecule has 0 spiro atoms. The first-order valence-electron chi connectivity index (χ1n) is 6.66. The lowest BCUT2D eigenvalue weighted by molar-refractivity contribution is 0.492. The van der Waals surface area contributed by atoms with Gasteiger partial charge in [-0.3, -0.25) is 0 Å². The van der Waals surface area contributed by atoms with E-state index < -0.39 is 0 Å². The zero-order valence-corrected chi connectivity index (χ0v) is 14.5. The Morgan fingerprint density at radius 1 is 1.10 bits per heavy atom. The molecule has 2 atom stereocenters. The second kappa shape index (κ2) is 6.37. The standard InChI is InChI=1S/C16H19BrFNS/c1-9-7-15(12(4)20-9)11(3)19-10(2)14-6-5-13(18)8-16(14)17/h5-8,10-11,19H,1-4H3. The molecule has 1 N–H and O–H groups in total. The zero-order valence-electron chi connectivity index (χ0n) is 12.1. The van der Waals surface area contributed by atoms with E-state index in [0.717, 1.165) is 10.0 Å². The first kappa shape index (κ1) is 15.7. The highest BCUT2D eigenvalue weighted by molar-refractivity contribution is 9.10. The highest BCUT2D eigenvalue weighted by Gasteiger charge is 2.16. The maximum Gasteiger partial charge on any atom is 0.124 e. The Bertz CT molecular complexity index is 609. The third-order valence-corrected chi connectivity index (χ3v) is 5.14. The van der Waals surface area contributed by atoms with Gasteiger partial charge in [0, 0.05) is 26.3 Å². The van der Waals surface area contributed by atoms with Crippen LogP contribution in [0.4, 0.5) is 4.39 Å². The molecular formula is C16H19BrFNS. The molecule has 108 valence electrons. The summed E-state index contributed by atoms with van der Waals surface area (Å²) in [7, 11) is 0. The Kier molecular flexibility index (Phi) is 4.99. The number of rotatable bonds is 4. The summed E-state index contributed by atoms with van der Waals surface area (Å²) >= 11 is 5.26. The summed E-state index contributed by atoms with van der Waals surface area (Å²) in [6.07, 6.45) is 0. The molecule has 0 radical (unpaired) electrons. The van der Waals surface area contributed by atoms with Gasteiger partial charge in [-0.2, -0.15) is 0 Å². The Hall–Kier alpha value is -0.710. The van der Waals surface area contributed by atoms with Gasteiger partial charge in [-0.15, -0.1) is 11.3 Å². The van der Waals surface area contributed by atoms with Crippen molar-refractivity contribution in [2.45, 2.75) is 39.8 Å². The molecule has 1 aromatic carbocycles. The first-order valence-corrected chi connectivity index (χ1v) is 8.27. The minimum absolute atomic E-state index is 0.152. The Morgan fingerprint density at radius 2 is 1.75 bits per heavy atom. The van der Waals surface area contributed by atoms with Crippen molar-refractivity contribution < 1.29 is 4.39 Å². The third kappa shape index (κ3) is 3.48. The smallest absolute Gasteiger partial charge is 0.124 e. The van der Waals surface area contributed by atoms with Crippen LogP contribution in [0.5, 0.6) is 0 Å². The van der Waals surface area contributed by atoms with Crippen LogP contribution < -0.4 is 5.32 Å². The van der Waals surface area contributed by atoms with Crippen molar-refractivity contribution in [1.82, 2.24) is 5.32 Å². The molecule has 0 saturated heterocycles. The molecule has 2 aromatic rings. The van der Waals surface area contributed by atoms with Gasteiger partial charge in [-0.25, -0.2) is 4.39 Å². The zero-order chi connectivity index (χ0) is 14.9. The van der Waals surface area contributed by atoms with Gasteiger partial charge in [0.1, 0.15) is 5.82 Å². The van der Waals surface area contributed by atoms with Gasteiger partial charge >= 0.3 is 0 Å². The minimum atomic E-state index is -0.217. The van der Waals surface area contributed by atoms with Crippen LogP contribution in [0.2, 0.25) is 0 Å². The number of thiophene rings is 1. The fourth-order valence-electron chi connectivity index (χ4n) is 2.49. The monoisotopic (exact) mass is 355 g/mol. The molecule has 0 saturated carbocycles. The topological polar surface area (TPSA) is 12.0 Å². The Morgan fingerprint density at radius 3 is 2.30 bits per heavy atom. The van der Waals surface area contributed by atoms with E-state index in [2.05, 4.69) is 55.0 Å². The molecule has 0 fully saturated rings. The fourth-order valence-corrected chi connectivity index (χ4v) is 4.20. The van der Waals surface area contributed by atoms with Crippen LogP contribution in [0.1, 0.15) is 46.8 Å². The third-order valence-electron chi connectivity index (χ3n) is 3.47. The van der Waals surface area contributed by atoms with Crippen LogP contribution in [-0.2, 0) is 0 Å². The molecule has 0 aliphatic carbocycles. The van der Waals surface area contributed by atoms with Crippen molar-refractivity contribution >= 4 is 27.3 Å². The van der Waals surface area contributed by atoms with Crippen LogP contribution in [0.15, 0.2) is 28.7 Å². The molecule has 0 bridgehead atoms. The quantitative estimate of drug-likeness (QED) is 0.743. The first-order chi connectivity index (χ1) is 9.38. The van der Waals surface area contributed by atoms with E-state index in [9.17, 15) is 4.39 Å². The van der Waals surface area contributed by atoms with Gasteiger partial charge < -0.3 is 5.32 Å². The van der Waals surface area contributed by atoms with Gasteiger partial charge in [0.2, 0.25) is 0 Å². The number of hydrogen-bond donors (Lipinski definition) is 1. The summed E-state index contributed by atoms with van der Waals surface area (Å²) < 4.78 is 14.0. The molecule has 2 rings (SSSR count). The van der Waals surface area contributed by atoms with E-state index in [-0.39, 0.29) is 17.9 Å². The maximum atomic E-state index is 13.1. The minimum Gasteiger partial charge on any atom is -0.304 e. The molecule has 0 aliphatic heterocycles. The van der Waals surface area contributed by atoms with E-state index in [4.69, 9.17) is 0 Å². The Labute approximate surface area is 132 Å². The second-order valence-electron chi connectivity index (χ2n) is 5.14. The van der Waals surface area contributed by atoms with E-state index in [1.54, 1.807) is 0 Å². The summed E-state index contributed by atoms with van der Waals surface area (Å²) in [5.41, 5.74) is 2.42. The molecule has 0 amide bonds. The van der Waals surface area contributed by atoms with Crippen molar-refractivity contribution in [3.05, 3.63) is 55.4 Å². The molecule has 1 heterocycles. The van der Waals surface area contributed by atoms with Gasteiger partial charge in [-0.05, 0) is 57.0 Å². The van der Waals surface area contributed by atoms with E-state index >= 15 is 0 Å². The van der Waals surface area contributed by atoms with E-state index in [0.29, 0.717) is 0 Å². The van der Waals surface area contributed by atoms with Crippen molar-refractivity contribution in [1.29, 1.82) is 0 Å². The summed E-state index contributed by atoms with van der Waals surface area (Å²) in [5.74, 6) is -0.217. The predicted octanol–water partition coefficient (Wildman–Crippen LogP) is 5.68. The predicted molar refractivity (Wildman–Crippen MR) is 87.9 cm³/mol. The molecular weight excluding hydrogens is 337 g/mol. The van der Waals surface area contributed by atoms with Crippen LogP contribution in [-0.4, -0.2) is 0 Å². The molecule has 4 heteroatoms. The van der Waals surface area contributed by atoms with Crippen LogP contribution in [0.3, 0.4) is 0 Å². The lowest BCUT2D eigenvalue weighted by Gasteiger charge is -2.21. The van der Waals surface area contributed by atoms with Crippen LogP contribution >= 0.6 is 27.3 Å². The molecule has 1 aromatic heterocycles. The summed E-state index contributed by atoms with van der Waals surface area (Å²) in [4.78, 5) is 2.69. The number of nitrogens with one attached hydrogen (secondary N) is 1. The van der Waals surface area contributed by atoms with Crippen molar-refractivity contribution in [2.24, 2.45) is 0 Å². The Balaban J connectivity index is 2.14. The van der Waals surface area contributed by atoms with Crippen LogP contribution in [0.25, 0.3) is 0 Å².